The second kappa shape index (κ2) is 7.75. The topological polar surface area (TPSA) is 99.0 Å². The van der Waals surface area contributed by atoms with Gasteiger partial charge in [-0.05, 0) is 57.4 Å². The fourth-order valence-corrected chi connectivity index (χ4v) is 4.06. The molecule has 2 unspecified atom stereocenters. The first-order chi connectivity index (χ1) is 13.6. The molecule has 148 valence electrons. The van der Waals surface area contributed by atoms with E-state index in [4.69, 9.17) is 15.1 Å². The molecule has 0 aromatic carbocycles. The van der Waals surface area contributed by atoms with Crippen molar-refractivity contribution in [3.05, 3.63) is 36.2 Å². The van der Waals surface area contributed by atoms with Crippen molar-refractivity contribution in [2.24, 2.45) is 11.7 Å². The zero-order chi connectivity index (χ0) is 19.7. The Bertz CT molecular complexity index is 961. The predicted molar refractivity (Wildman–Crippen MR) is 108 cm³/mol. The van der Waals surface area contributed by atoms with Gasteiger partial charge in [0.2, 0.25) is 0 Å². The van der Waals surface area contributed by atoms with E-state index in [1.165, 1.54) is 6.42 Å². The van der Waals surface area contributed by atoms with Crippen LogP contribution in [0.15, 0.2) is 35.1 Å². The van der Waals surface area contributed by atoms with E-state index in [0.29, 0.717) is 35.1 Å². The van der Waals surface area contributed by atoms with Crippen LogP contribution in [0.4, 0.5) is 0 Å². The minimum atomic E-state index is -0.103. The number of nitrogens with zero attached hydrogens (tertiary/aromatic N) is 3. The number of rotatable bonds is 5. The number of amides is 1. The van der Waals surface area contributed by atoms with Crippen molar-refractivity contribution in [1.82, 2.24) is 20.1 Å². The Morgan fingerprint density at radius 3 is 2.93 bits per heavy atom. The van der Waals surface area contributed by atoms with E-state index in [1.54, 1.807) is 18.5 Å². The number of fused-ring (bicyclic) bond motifs is 1. The summed E-state index contributed by atoms with van der Waals surface area (Å²) in [6, 6.07) is 5.70. The van der Waals surface area contributed by atoms with Crippen molar-refractivity contribution < 1.29 is 9.21 Å². The van der Waals surface area contributed by atoms with Crippen molar-refractivity contribution in [2.75, 3.05) is 6.54 Å². The van der Waals surface area contributed by atoms with Gasteiger partial charge in [-0.15, -0.1) is 0 Å². The maximum Gasteiger partial charge on any atom is 0.252 e. The summed E-state index contributed by atoms with van der Waals surface area (Å²) < 4.78 is 7.36. The number of aromatic nitrogens is 3. The fraction of sp³-hybridized carbons (Fsp3) is 0.476. The Hall–Kier alpha value is -2.67. The minimum absolute atomic E-state index is 0.103. The standard InChI is InChI=1S/C21H27N5O2/c1-13(2)26-20-16(12-23-26)15(10-18(24-20)19-8-5-9-28-19)21(27)25-17-7-4-3-6-14(17)11-22/h5,8-10,12-14,17H,3-4,6-7,11,22H2,1-2H3,(H,25,27). The zero-order valence-electron chi connectivity index (χ0n) is 16.4. The summed E-state index contributed by atoms with van der Waals surface area (Å²) in [5.74, 6) is 0.858. The molecule has 3 N–H and O–H groups in total. The number of nitrogens with two attached hydrogens (primary N) is 1. The predicted octanol–water partition coefficient (Wildman–Crippen LogP) is 3.52. The van der Waals surface area contributed by atoms with Crippen LogP contribution in [0, 0.1) is 5.92 Å². The van der Waals surface area contributed by atoms with Crippen molar-refractivity contribution in [2.45, 2.75) is 51.6 Å². The third-order valence-corrected chi connectivity index (χ3v) is 5.60. The van der Waals surface area contributed by atoms with Gasteiger partial charge in [0.25, 0.3) is 5.91 Å². The first-order valence-electron chi connectivity index (χ1n) is 10.0. The molecule has 2 atom stereocenters. The molecule has 7 heteroatoms. The molecule has 3 heterocycles. The molecule has 7 nitrogen and oxygen atoms in total. The third-order valence-electron chi connectivity index (χ3n) is 5.60. The molecule has 0 radical (unpaired) electrons. The molecule has 0 spiro atoms. The first-order valence-corrected chi connectivity index (χ1v) is 10.0. The quantitative estimate of drug-likeness (QED) is 0.704. The molecule has 28 heavy (non-hydrogen) atoms. The maximum absolute atomic E-state index is 13.2. The molecular weight excluding hydrogens is 354 g/mol. The first kappa shape index (κ1) is 18.7. The molecule has 0 bridgehead atoms. The summed E-state index contributed by atoms with van der Waals surface area (Å²) in [7, 11) is 0. The van der Waals surface area contributed by atoms with Crippen molar-refractivity contribution >= 4 is 16.9 Å². The van der Waals surface area contributed by atoms with Gasteiger partial charge in [0, 0.05) is 12.1 Å². The van der Waals surface area contributed by atoms with Crippen molar-refractivity contribution in [3.63, 3.8) is 0 Å². The lowest BCUT2D eigenvalue weighted by molar-refractivity contribution is 0.0909. The van der Waals surface area contributed by atoms with Crippen LogP contribution in [0.3, 0.4) is 0 Å². The van der Waals surface area contributed by atoms with Gasteiger partial charge in [-0.25, -0.2) is 9.67 Å². The van der Waals surface area contributed by atoms with E-state index in [2.05, 4.69) is 10.4 Å². The Kier molecular flexibility index (Phi) is 5.17. The van der Waals surface area contributed by atoms with Crippen LogP contribution in [0.5, 0.6) is 0 Å². The van der Waals surface area contributed by atoms with Gasteiger partial charge in [-0.1, -0.05) is 12.8 Å². The van der Waals surface area contributed by atoms with Gasteiger partial charge in [0.15, 0.2) is 11.4 Å². The molecule has 1 aliphatic rings. The van der Waals surface area contributed by atoms with Gasteiger partial charge in [0.1, 0.15) is 5.69 Å². The number of nitrogens with one attached hydrogen (secondary N) is 1. The summed E-state index contributed by atoms with van der Waals surface area (Å²) in [6.07, 6.45) is 7.67. The Morgan fingerprint density at radius 1 is 1.39 bits per heavy atom. The normalized spacial score (nSPS) is 20.0. The molecule has 3 aromatic heterocycles. The molecule has 0 aliphatic heterocycles. The van der Waals surface area contributed by atoms with Gasteiger partial charge in [-0.2, -0.15) is 5.10 Å². The maximum atomic E-state index is 13.2. The Labute approximate surface area is 164 Å². The lowest BCUT2D eigenvalue weighted by Gasteiger charge is -2.31. The number of hydrogen-bond acceptors (Lipinski definition) is 5. The monoisotopic (exact) mass is 381 g/mol. The van der Waals surface area contributed by atoms with Crippen LogP contribution in [0.25, 0.3) is 22.5 Å². The van der Waals surface area contributed by atoms with Crippen molar-refractivity contribution in [3.8, 4) is 11.5 Å². The van der Waals surface area contributed by atoms with Gasteiger partial charge < -0.3 is 15.5 Å². The van der Waals surface area contributed by atoms with Crippen LogP contribution in [-0.4, -0.2) is 33.3 Å². The van der Waals surface area contributed by atoms with Crippen molar-refractivity contribution in [1.29, 1.82) is 0 Å². The number of furan rings is 1. The highest BCUT2D eigenvalue weighted by Gasteiger charge is 2.27. The van der Waals surface area contributed by atoms with Crippen LogP contribution < -0.4 is 11.1 Å². The molecular formula is C21H27N5O2. The zero-order valence-corrected chi connectivity index (χ0v) is 16.4. The summed E-state index contributed by atoms with van der Waals surface area (Å²) in [6.45, 7) is 4.68. The molecule has 0 saturated heterocycles. The lowest BCUT2D eigenvalue weighted by atomic mass is 9.84. The largest absolute Gasteiger partial charge is 0.463 e. The summed E-state index contributed by atoms with van der Waals surface area (Å²) in [4.78, 5) is 18.0. The lowest BCUT2D eigenvalue weighted by Crippen LogP contribution is -2.44. The molecule has 1 fully saturated rings. The van der Waals surface area contributed by atoms with Gasteiger partial charge in [-0.3, -0.25) is 4.79 Å². The molecule has 4 rings (SSSR count). The van der Waals surface area contributed by atoms with Gasteiger partial charge in [0.05, 0.1) is 23.4 Å². The van der Waals surface area contributed by atoms with E-state index >= 15 is 0 Å². The number of pyridine rings is 1. The van der Waals surface area contributed by atoms with E-state index in [-0.39, 0.29) is 18.0 Å². The second-order valence-electron chi connectivity index (χ2n) is 7.81. The highest BCUT2D eigenvalue weighted by molar-refractivity contribution is 6.06. The van der Waals surface area contributed by atoms with Crippen LogP contribution >= 0.6 is 0 Å². The Balaban J connectivity index is 1.75. The fourth-order valence-electron chi connectivity index (χ4n) is 4.06. The number of hydrogen-bond donors (Lipinski definition) is 2. The summed E-state index contributed by atoms with van der Waals surface area (Å²) in [5.41, 5.74) is 7.83. The van der Waals surface area contributed by atoms with E-state index < -0.39 is 0 Å². The average molecular weight is 381 g/mol. The average Bonchev–Trinajstić information content (AvgIpc) is 3.37. The van der Waals surface area contributed by atoms with Gasteiger partial charge >= 0.3 is 0 Å². The number of carbonyl (C=O) groups is 1. The van der Waals surface area contributed by atoms with E-state index in [1.807, 2.05) is 30.7 Å². The Morgan fingerprint density at radius 2 is 2.21 bits per heavy atom. The number of carbonyl (C=O) groups excluding carboxylic acids is 1. The minimum Gasteiger partial charge on any atom is -0.463 e. The highest BCUT2D eigenvalue weighted by atomic mass is 16.3. The molecule has 3 aromatic rings. The molecule has 1 amide bonds. The van der Waals surface area contributed by atoms with Crippen LogP contribution in [-0.2, 0) is 0 Å². The van der Waals surface area contributed by atoms with E-state index in [9.17, 15) is 4.79 Å². The van der Waals surface area contributed by atoms with E-state index in [0.717, 1.165) is 24.6 Å². The summed E-state index contributed by atoms with van der Waals surface area (Å²) in [5, 5.41) is 8.44. The third kappa shape index (κ3) is 3.42. The summed E-state index contributed by atoms with van der Waals surface area (Å²) >= 11 is 0. The SMILES string of the molecule is CC(C)n1ncc2c(C(=O)NC3CCCCC3CN)cc(-c3ccco3)nc21. The smallest absolute Gasteiger partial charge is 0.252 e. The molecule has 1 saturated carbocycles. The highest BCUT2D eigenvalue weighted by Crippen LogP contribution is 2.28. The second-order valence-corrected chi connectivity index (χ2v) is 7.81. The van der Waals surface area contributed by atoms with Crippen LogP contribution in [0.1, 0.15) is 55.9 Å². The van der Waals surface area contributed by atoms with Crippen LogP contribution in [0.2, 0.25) is 0 Å². The molecule has 1 aliphatic carbocycles.